The lowest BCUT2D eigenvalue weighted by atomic mass is 9.78. The first-order valence-electron chi connectivity index (χ1n) is 9.91. The molecule has 0 spiro atoms. The summed E-state index contributed by atoms with van der Waals surface area (Å²) in [6, 6.07) is 10.6. The molecular formula is C23H25N3O. The molecule has 0 bridgehead atoms. The molecule has 3 aromatic rings. The second-order valence-electron chi connectivity index (χ2n) is 8.73. The smallest absolute Gasteiger partial charge is 0.251 e. The Labute approximate surface area is 159 Å². The first kappa shape index (κ1) is 16.5. The molecule has 2 aliphatic rings. The highest BCUT2D eigenvalue weighted by Crippen LogP contribution is 2.36. The molecule has 0 unspecified atom stereocenters. The van der Waals surface area contributed by atoms with Crippen LogP contribution in [0.1, 0.15) is 54.7 Å². The van der Waals surface area contributed by atoms with Gasteiger partial charge in [0.25, 0.3) is 5.91 Å². The second kappa shape index (κ2) is 5.95. The monoisotopic (exact) mass is 359 g/mol. The van der Waals surface area contributed by atoms with Crippen LogP contribution >= 0.6 is 0 Å². The minimum Gasteiger partial charge on any atom is -0.351 e. The molecule has 4 nitrogen and oxygen atoms in total. The summed E-state index contributed by atoms with van der Waals surface area (Å²) in [5.41, 5.74) is 6.26. The summed E-state index contributed by atoms with van der Waals surface area (Å²) in [5.74, 6) is 0.843. The van der Waals surface area contributed by atoms with E-state index in [1.807, 2.05) is 18.3 Å². The van der Waals surface area contributed by atoms with E-state index in [0.29, 0.717) is 6.54 Å². The van der Waals surface area contributed by atoms with Gasteiger partial charge in [-0.1, -0.05) is 39.2 Å². The van der Waals surface area contributed by atoms with Crippen LogP contribution in [0.2, 0.25) is 0 Å². The van der Waals surface area contributed by atoms with Crippen LogP contribution in [0.5, 0.6) is 0 Å². The number of fused-ring (bicyclic) bond motifs is 2. The van der Waals surface area contributed by atoms with Gasteiger partial charge >= 0.3 is 0 Å². The Morgan fingerprint density at radius 1 is 1.15 bits per heavy atom. The van der Waals surface area contributed by atoms with Crippen molar-refractivity contribution < 1.29 is 4.79 Å². The summed E-state index contributed by atoms with van der Waals surface area (Å²) in [6.07, 6.45) is 7.18. The number of benzene rings is 1. The van der Waals surface area contributed by atoms with Gasteiger partial charge in [0.1, 0.15) is 5.65 Å². The number of aromatic amines is 1. The Morgan fingerprint density at radius 3 is 2.78 bits per heavy atom. The summed E-state index contributed by atoms with van der Waals surface area (Å²) in [6.45, 7) is 5.03. The second-order valence-corrected chi connectivity index (χ2v) is 8.73. The van der Waals surface area contributed by atoms with Gasteiger partial charge in [0.05, 0.1) is 0 Å². The Kier molecular flexibility index (Phi) is 3.64. The van der Waals surface area contributed by atoms with Crippen LogP contribution in [0.4, 0.5) is 0 Å². The van der Waals surface area contributed by atoms with Crippen molar-refractivity contribution in [1.82, 2.24) is 15.3 Å². The average molecular weight is 359 g/mol. The number of carbonyl (C=O) groups is 1. The molecule has 0 saturated heterocycles. The van der Waals surface area contributed by atoms with Crippen LogP contribution in [-0.2, 0) is 11.8 Å². The van der Waals surface area contributed by atoms with Crippen LogP contribution < -0.4 is 5.32 Å². The maximum Gasteiger partial charge on any atom is 0.251 e. The van der Waals surface area contributed by atoms with Crippen LogP contribution in [-0.4, -0.2) is 22.4 Å². The minimum atomic E-state index is -0.0699. The maximum absolute atomic E-state index is 12.2. The molecule has 1 fully saturated rings. The molecule has 1 aliphatic heterocycles. The van der Waals surface area contributed by atoms with Gasteiger partial charge in [-0.05, 0) is 47.7 Å². The Balaban J connectivity index is 1.54. The Hall–Kier alpha value is -2.62. The van der Waals surface area contributed by atoms with Crippen LogP contribution in [0, 0.1) is 5.92 Å². The van der Waals surface area contributed by atoms with Crippen molar-refractivity contribution >= 4 is 16.9 Å². The van der Waals surface area contributed by atoms with Gasteiger partial charge in [0.2, 0.25) is 0 Å². The van der Waals surface area contributed by atoms with Gasteiger partial charge in [-0.3, -0.25) is 4.79 Å². The zero-order chi connectivity index (χ0) is 18.6. The molecule has 1 aliphatic carbocycles. The summed E-state index contributed by atoms with van der Waals surface area (Å²) in [5, 5.41) is 4.13. The van der Waals surface area contributed by atoms with Crippen molar-refractivity contribution in [3.63, 3.8) is 0 Å². The number of nitrogens with zero attached hydrogens (tertiary/aromatic N) is 1. The lowest BCUT2D eigenvalue weighted by molar-refractivity contribution is 0.0930. The number of pyridine rings is 1. The zero-order valence-electron chi connectivity index (χ0n) is 15.9. The van der Waals surface area contributed by atoms with Gasteiger partial charge < -0.3 is 10.3 Å². The fourth-order valence-corrected chi connectivity index (χ4v) is 4.35. The van der Waals surface area contributed by atoms with Crippen LogP contribution in [0.3, 0.4) is 0 Å². The molecule has 27 heavy (non-hydrogen) atoms. The largest absolute Gasteiger partial charge is 0.351 e. The van der Waals surface area contributed by atoms with Crippen molar-refractivity contribution in [1.29, 1.82) is 0 Å². The fourth-order valence-electron chi connectivity index (χ4n) is 4.35. The maximum atomic E-state index is 12.2. The molecule has 1 amide bonds. The first-order chi connectivity index (χ1) is 13.0. The van der Waals surface area contributed by atoms with Crippen LogP contribution in [0.25, 0.3) is 22.2 Å². The number of hydrogen-bond donors (Lipinski definition) is 2. The van der Waals surface area contributed by atoms with Crippen molar-refractivity contribution in [2.24, 2.45) is 5.92 Å². The Morgan fingerprint density at radius 2 is 2.00 bits per heavy atom. The lowest BCUT2D eigenvalue weighted by Crippen LogP contribution is -2.43. The van der Waals surface area contributed by atoms with Gasteiger partial charge in [-0.25, -0.2) is 4.98 Å². The predicted octanol–water partition coefficient (Wildman–Crippen LogP) is 4.59. The van der Waals surface area contributed by atoms with E-state index in [9.17, 15) is 4.79 Å². The quantitative estimate of drug-likeness (QED) is 0.718. The number of nitrogens with one attached hydrogen (secondary N) is 2. The third-order valence-electron chi connectivity index (χ3n) is 6.31. The number of aromatic nitrogens is 2. The van der Waals surface area contributed by atoms with Gasteiger partial charge in [0, 0.05) is 40.4 Å². The van der Waals surface area contributed by atoms with Gasteiger partial charge in [0.15, 0.2) is 0 Å². The lowest BCUT2D eigenvalue weighted by Gasteiger charge is -2.32. The van der Waals surface area contributed by atoms with E-state index in [0.717, 1.165) is 45.6 Å². The van der Waals surface area contributed by atoms with E-state index < -0.39 is 0 Å². The molecule has 0 atom stereocenters. The summed E-state index contributed by atoms with van der Waals surface area (Å²) >= 11 is 0. The fraction of sp³-hybridized carbons (Fsp3) is 0.391. The number of amides is 1. The number of hydrogen-bond acceptors (Lipinski definition) is 2. The van der Waals surface area contributed by atoms with Gasteiger partial charge in [-0.15, -0.1) is 0 Å². The minimum absolute atomic E-state index is 0.0251. The number of carbonyl (C=O) groups excluding carboxylic acids is 1. The molecule has 2 N–H and O–H groups in total. The normalized spacial score (nSPS) is 18.8. The number of rotatable bonds is 3. The van der Waals surface area contributed by atoms with Gasteiger partial charge in [-0.2, -0.15) is 0 Å². The SMILES string of the molecule is CC1(C)CNC(=O)c2ccc(-c3c[nH]c4nc(CC5CCC5)ccc34)cc21. The van der Waals surface area contributed by atoms with Crippen molar-refractivity contribution in [3.8, 4) is 11.1 Å². The van der Waals surface area contributed by atoms with Crippen molar-refractivity contribution in [2.45, 2.75) is 44.9 Å². The van der Waals surface area contributed by atoms with Crippen molar-refractivity contribution in [2.75, 3.05) is 6.54 Å². The predicted molar refractivity (Wildman–Crippen MR) is 108 cm³/mol. The summed E-state index contributed by atoms with van der Waals surface area (Å²) in [4.78, 5) is 20.4. The molecule has 0 radical (unpaired) electrons. The molecular weight excluding hydrogens is 334 g/mol. The van der Waals surface area contributed by atoms with E-state index in [4.69, 9.17) is 4.98 Å². The molecule has 3 heterocycles. The highest BCUT2D eigenvalue weighted by atomic mass is 16.1. The standard InChI is InChI=1S/C23H25N3O/c1-23(2)13-25-22(27)18-8-6-15(11-20(18)23)19-12-24-21-17(19)9-7-16(26-21)10-14-4-3-5-14/h6-9,11-12,14H,3-5,10,13H2,1-2H3,(H,24,26)(H,25,27). The molecule has 1 saturated carbocycles. The highest BCUT2D eigenvalue weighted by molar-refractivity contribution is 5.99. The Bertz CT molecular complexity index is 1040. The topological polar surface area (TPSA) is 57.8 Å². The molecule has 1 aromatic carbocycles. The zero-order valence-corrected chi connectivity index (χ0v) is 15.9. The average Bonchev–Trinajstić information content (AvgIpc) is 3.05. The van der Waals surface area contributed by atoms with E-state index in [2.05, 4.69) is 42.3 Å². The molecule has 5 rings (SSSR count). The van der Waals surface area contributed by atoms with E-state index in [1.54, 1.807) is 0 Å². The third kappa shape index (κ3) is 2.75. The highest BCUT2D eigenvalue weighted by Gasteiger charge is 2.31. The molecule has 138 valence electrons. The number of H-pyrrole nitrogens is 1. The molecule has 2 aromatic heterocycles. The first-order valence-corrected chi connectivity index (χ1v) is 9.91. The van der Waals surface area contributed by atoms with E-state index in [1.165, 1.54) is 25.0 Å². The third-order valence-corrected chi connectivity index (χ3v) is 6.31. The van der Waals surface area contributed by atoms with Crippen LogP contribution in [0.15, 0.2) is 36.5 Å². The molecule has 4 heteroatoms. The summed E-state index contributed by atoms with van der Waals surface area (Å²) in [7, 11) is 0. The van der Waals surface area contributed by atoms with E-state index in [-0.39, 0.29) is 11.3 Å². The summed E-state index contributed by atoms with van der Waals surface area (Å²) < 4.78 is 0. The van der Waals surface area contributed by atoms with Crippen molar-refractivity contribution in [3.05, 3.63) is 53.3 Å². The van der Waals surface area contributed by atoms with E-state index >= 15 is 0 Å².